The van der Waals surface area contributed by atoms with Crippen LogP contribution >= 0.6 is 23.1 Å². The topological polar surface area (TPSA) is 34.1 Å². The number of thioether (sulfide) groups is 1. The monoisotopic (exact) mass is 308 g/mol. The number of aryl methyl sites for hydroxylation is 1. The fourth-order valence-corrected chi connectivity index (χ4v) is 3.88. The molecule has 2 rings (SSSR count). The fraction of sp³-hybridized carbons (Fsp3) is 0.400. The number of thiazole rings is 1. The molecule has 3 nitrogen and oxygen atoms in total. The van der Waals surface area contributed by atoms with E-state index in [0.717, 1.165) is 21.5 Å². The first-order chi connectivity index (χ1) is 9.72. The standard InChI is InChI=1S/C15H20N2OS2/c1-4-18-13-7-5-12(6-8-13)14(16-3)10-20-15-17-11(2)9-19-15/h5-9,14,16H,4,10H2,1-3H3. The summed E-state index contributed by atoms with van der Waals surface area (Å²) in [4.78, 5) is 4.48. The number of benzene rings is 1. The van der Waals surface area contributed by atoms with Gasteiger partial charge in [0.05, 0.1) is 6.61 Å². The molecule has 2 aromatic rings. The number of rotatable bonds is 7. The molecular weight excluding hydrogens is 288 g/mol. The highest BCUT2D eigenvalue weighted by Gasteiger charge is 2.11. The molecule has 5 heteroatoms. The second-order valence-electron chi connectivity index (χ2n) is 4.41. The van der Waals surface area contributed by atoms with Gasteiger partial charge in [0.2, 0.25) is 0 Å². The predicted octanol–water partition coefficient (Wildman–Crippen LogP) is 3.90. The van der Waals surface area contributed by atoms with Gasteiger partial charge in [-0.05, 0) is 38.6 Å². The van der Waals surface area contributed by atoms with Crippen molar-refractivity contribution >= 4 is 23.1 Å². The summed E-state index contributed by atoms with van der Waals surface area (Å²) < 4.78 is 6.61. The predicted molar refractivity (Wildman–Crippen MR) is 87.0 cm³/mol. The first-order valence-electron chi connectivity index (χ1n) is 6.68. The van der Waals surface area contributed by atoms with Crippen LogP contribution in [0.4, 0.5) is 0 Å². The molecular formula is C15H20N2OS2. The van der Waals surface area contributed by atoms with Crippen molar-refractivity contribution in [3.8, 4) is 5.75 Å². The zero-order valence-electron chi connectivity index (χ0n) is 12.1. The van der Waals surface area contributed by atoms with Gasteiger partial charge in [0.25, 0.3) is 0 Å². The maximum atomic E-state index is 5.47. The molecule has 0 fully saturated rings. The van der Waals surface area contributed by atoms with Gasteiger partial charge >= 0.3 is 0 Å². The van der Waals surface area contributed by atoms with Crippen LogP contribution in [0.3, 0.4) is 0 Å². The van der Waals surface area contributed by atoms with Crippen LogP contribution in [0.2, 0.25) is 0 Å². The Morgan fingerprint density at radius 3 is 2.65 bits per heavy atom. The SMILES string of the molecule is CCOc1ccc(C(CSc2nc(C)cs2)NC)cc1. The summed E-state index contributed by atoms with van der Waals surface area (Å²) in [6.07, 6.45) is 0. The Hall–Kier alpha value is -1.04. The lowest BCUT2D eigenvalue weighted by Gasteiger charge is -2.16. The van der Waals surface area contributed by atoms with Gasteiger partial charge in [-0.1, -0.05) is 23.9 Å². The molecule has 1 aromatic carbocycles. The van der Waals surface area contributed by atoms with E-state index >= 15 is 0 Å². The Kier molecular flexibility index (Phi) is 5.88. The average molecular weight is 308 g/mol. The third kappa shape index (κ3) is 4.23. The summed E-state index contributed by atoms with van der Waals surface area (Å²) in [6, 6.07) is 8.63. The van der Waals surface area contributed by atoms with Gasteiger partial charge < -0.3 is 10.1 Å². The second kappa shape index (κ2) is 7.67. The summed E-state index contributed by atoms with van der Waals surface area (Å²) in [5.41, 5.74) is 2.37. The van der Waals surface area contributed by atoms with E-state index < -0.39 is 0 Å². The summed E-state index contributed by atoms with van der Waals surface area (Å²) in [5.74, 6) is 1.89. The lowest BCUT2D eigenvalue weighted by atomic mass is 10.1. The summed E-state index contributed by atoms with van der Waals surface area (Å²) >= 11 is 3.51. The molecule has 0 saturated carbocycles. The maximum absolute atomic E-state index is 5.47. The van der Waals surface area contributed by atoms with E-state index in [1.54, 1.807) is 23.1 Å². The molecule has 0 saturated heterocycles. The molecule has 0 aliphatic carbocycles. The molecule has 0 aliphatic rings. The third-order valence-corrected chi connectivity index (χ3v) is 5.15. The van der Waals surface area contributed by atoms with Gasteiger partial charge in [0.1, 0.15) is 10.1 Å². The first kappa shape index (κ1) is 15.4. The number of nitrogens with one attached hydrogen (secondary N) is 1. The van der Waals surface area contributed by atoms with Crippen molar-refractivity contribution < 1.29 is 4.74 Å². The third-order valence-electron chi connectivity index (χ3n) is 2.91. The zero-order valence-corrected chi connectivity index (χ0v) is 13.7. The van der Waals surface area contributed by atoms with Gasteiger partial charge in [-0.25, -0.2) is 4.98 Å². The van der Waals surface area contributed by atoms with Gasteiger partial charge in [-0.2, -0.15) is 0 Å². The highest BCUT2D eigenvalue weighted by atomic mass is 32.2. The number of hydrogen-bond acceptors (Lipinski definition) is 5. The fourth-order valence-electron chi connectivity index (χ4n) is 1.86. The molecule has 1 atom stereocenters. The maximum Gasteiger partial charge on any atom is 0.150 e. The van der Waals surface area contributed by atoms with E-state index in [0.29, 0.717) is 12.6 Å². The van der Waals surface area contributed by atoms with E-state index in [2.05, 4.69) is 27.8 Å². The van der Waals surface area contributed by atoms with E-state index in [9.17, 15) is 0 Å². The van der Waals surface area contributed by atoms with E-state index in [1.165, 1.54) is 5.56 Å². The van der Waals surface area contributed by atoms with Crippen molar-refractivity contribution in [1.82, 2.24) is 10.3 Å². The summed E-state index contributed by atoms with van der Waals surface area (Å²) in [6.45, 7) is 4.73. The number of ether oxygens (including phenoxy) is 1. The molecule has 108 valence electrons. The Morgan fingerprint density at radius 1 is 1.35 bits per heavy atom. The lowest BCUT2D eigenvalue weighted by molar-refractivity contribution is 0.340. The summed E-state index contributed by atoms with van der Waals surface area (Å²) in [7, 11) is 1.99. The van der Waals surface area contributed by atoms with Crippen molar-refractivity contribution in [2.45, 2.75) is 24.2 Å². The summed E-state index contributed by atoms with van der Waals surface area (Å²) in [5, 5.41) is 5.45. The minimum absolute atomic E-state index is 0.319. The quantitative estimate of drug-likeness (QED) is 0.787. The van der Waals surface area contributed by atoms with Crippen LogP contribution in [0.15, 0.2) is 34.0 Å². The number of nitrogens with zero attached hydrogens (tertiary/aromatic N) is 1. The van der Waals surface area contributed by atoms with Crippen LogP contribution in [0.25, 0.3) is 0 Å². The first-order valence-corrected chi connectivity index (χ1v) is 8.54. The molecule has 1 heterocycles. The van der Waals surface area contributed by atoms with Crippen LogP contribution in [-0.2, 0) is 0 Å². The number of hydrogen-bond donors (Lipinski definition) is 1. The van der Waals surface area contributed by atoms with Gasteiger partial charge in [0.15, 0.2) is 0 Å². The van der Waals surface area contributed by atoms with E-state index in [1.807, 2.05) is 33.0 Å². The molecule has 0 spiro atoms. The van der Waals surface area contributed by atoms with Crippen LogP contribution in [0, 0.1) is 6.92 Å². The van der Waals surface area contributed by atoms with Crippen molar-refractivity contribution in [1.29, 1.82) is 0 Å². The van der Waals surface area contributed by atoms with Crippen LogP contribution in [0.1, 0.15) is 24.2 Å². The molecule has 1 unspecified atom stereocenters. The largest absolute Gasteiger partial charge is 0.494 e. The van der Waals surface area contributed by atoms with Crippen LogP contribution in [-0.4, -0.2) is 24.4 Å². The zero-order chi connectivity index (χ0) is 14.4. The smallest absolute Gasteiger partial charge is 0.150 e. The second-order valence-corrected chi connectivity index (χ2v) is 6.53. The van der Waals surface area contributed by atoms with E-state index in [4.69, 9.17) is 4.74 Å². The Bertz CT molecular complexity index is 525. The average Bonchev–Trinajstić information content (AvgIpc) is 2.87. The number of aromatic nitrogens is 1. The Balaban J connectivity index is 1.96. The molecule has 0 bridgehead atoms. The van der Waals surface area contributed by atoms with E-state index in [-0.39, 0.29) is 0 Å². The molecule has 20 heavy (non-hydrogen) atoms. The minimum Gasteiger partial charge on any atom is -0.494 e. The highest BCUT2D eigenvalue weighted by Crippen LogP contribution is 2.27. The molecule has 0 amide bonds. The van der Waals surface area contributed by atoms with Crippen molar-refractivity contribution in [3.05, 3.63) is 40.9 Å². The van der Waals surface area contributed by atoms with Crippen LogP contribution in [0.5, 0.6) is 5.75 Å². The lowest BCUT2D eigenvalue weighted by Crippen LogP contribution is -2.18. The molecule has 0 radical (unpaired) electrons. The van der Waals surface area contributed by atoms with Gasteiger partial charge in [0, 0.05) is 22.9 Å². The van der Waals surface area contributed by atoms with Gasteiger partial charge in [-0.15, -0.1) is 11.3 Å². The van der Waals surface area contributed by atoms with Crippen molar-refractivity contribution in [3.63, 3.8) is 0 Å². The Labute approximate surface area is 128 Å². The van der Waals surface area contributed by atoms with Crippen molar-refractivity contribution in [2.24, 2.45) is 0 Å². The molecule has 1 aromatic heterocycles. The van der Waals surface area contributed by atoms with Crippen LogP contribution < -0.4 is 10.1 Å². The normalized spacial score (nSPS) is 12.3. The van der Waals surface area contributed by atoms with Gasteiger partial charge in [-0.3, -0.25) is 0 Å². The molecule has 0 aliphatic heterocycles. The van der Waals surface area contributed by atoms with Crippen molar-refractivity contribution in [2.75, 3.05) is 19.4 Å². The highest BCUT2D eigenvalue weighted by molar-refractivity contribution is 8.01. The Morgan fingerprint density at radius 2 is 2.10 bits per heavy atom. The molecule has 1 N–H and O–H groups in total. The minimum atomic E-state index is 0.319.